The van der Waals surface area contributed by atoms with Crippen LogP contribution in [0, 0.1) is 6.92 Å². The van der Waals surface area contributed by atoms with Crippen molar-refractivity contribution in [1.82, 2.24) is 0 Å². The van der Waals surface area contributed by atoms with Crippen molar-refractivity contribution in [3.05, 3.63) is 29.8 Å². The van der Waals surface area contributed by atoms with Crippen LogP contribution < -0.4 is 0 Å². The predicted octanol–water partition coefficient (Wildman–Crippen LogP) is 3.22. The molecular formula is C17H29O6PS. The maximum absolute atomic E-state index is 12.9. The maximum atomic E-state index is 12.9. The number of aliphatic hydroxyl groups excluding tert-OH is 1. The fourth-order valence-electron chi connectivity index (χ4n) is 2.21. The molecule has 1 N–H and O–H groups in total. The molecule has 1 rings (SSSR count). The lowest BCUT2D eigenvalue weighted by Crippen LogP contribution is -2.28. The van der Waals surface area contributed by atoms with Crippen LogP contribution in [-0.2, 0) is 23.6 Å². The highest BCUT2D eigenvalue weighted by Crippen LogP contribution is 2.54. The third kappa shape index (κ3) is 6.19. The van der Waals surface area contributed by atoms with Gasteiger partial charge in [-0.15, -0.1) is 0 Å². The quantitative estimate of drug-likeness (QED) is 0.486. The highest BCUT2D eigenvalue weighted by atomic mass is 32.2. The predicted molar refractivity (Wildman–Crippen MR) is 99.0 cm³/mol. The van der Waals surface area contributed by atoms with Gasteiger partial charge in [-0.05, 0) is 19.1 Å². The molecule has 0 unspecified atom stereocenters. The third-order valence-electron chi connectivity index (χ3n) is 4.18. The van der Waals surface area contributed by atoms with Crippen LogP contribution in [0.25, 0.3) is 0 Å². The molecule has 1 aromatic rings. The van der Waals surface area contributed by atoms with Gasteiger partial charge in [-0.1, -0.05) is 45.4 Å². The van der Waals surface area contributed by atoms with Gasteiger partial charge in [-0.2, -0.15) is 8.42 Å². The Labute approximate surface area is 151 Å². The van der Waals surface area contributed by atoms with E-state index in [9.17, 15) is 18.1 Å². The molecular weight excluding hydrogens is 363 g/mol. The molecule has 0 aromatic heterocycles. The van der Waals surface area contributed by atoms with E-state index in [1.54, 1.807) is 12.1 Å². The average Bonchev–Trinajstić information content (AvgIpc) is 2.54. The Balaban J connectivity index is 2.70. The van der Waals surface area contributed by atoms with E-state index in [1.807, 2.05) is 34.6 Å². The van der Waals surface area contributed by atoms with Crippen molar-refractivity contribution >= 4 is 17.3 Å². The minimum absolute atomic E-state index is 0.0124. The number of ether oxygens (including phenoxy) is 1. The standard InChI is InChI=1S/C17H29O6PS/c1-13(2)24(19,14(3)4)12-22-16(10-18)11-23-25(20,21)17-8-6-15(5)7-9-17/h6-9,13-14,16,18H,10-12H2,1-5H3/t16-/m1/s1. The summed E-state index contributed by atoms with van der Waals surface area (Å²) in [5, 5.41) is 9.41. The lowest BCUT2D eigenvalue weighted by atomic mass is 10.2. The number of rotatable bonds is 10. The number of hydrogen-bond donors (Lipinski definition) is 1. The second kappa shape index (κ2) is 9.28. The zero-order valence-corrected chi connectivity index (χ0v) is 17.2. The molecule has 8 heteroatoms. The van der Waals surface area contributed by atoms with Gasteiger partial charge in [0.05, 0.1) is 18.1 Å². The molecule has 0 aliphatic heterocycles. The monoisotopic (exact) mass is 392 g/mol. The third-order valence-corrected chi connectivity index (χ3v) is 9.53. The van der Waals surface area contributed by atoms with E-state index in [4.69, 9.17) is 8.92 Å². The number of aliphatic hydroxyl groups is 1. The van der Waals surface area contributed by atoms with Crippen LogP contribution in [0.3, 0.4) is 0 Å². The molecule has 0 heterocycles. The summed E-state index contributed by atoms with van der Waals surface area (Å²) in [4.78, 5) is 0.0461. The average molecular weight is 392 g/mol. The molecule has 1 atom stereocenters. The number of hydrogen-bond acceptors (Lipinski definition) is 6. The highest BCUT2D eigenvalue weighted by Gasteiger charge is 2.32. The van der Waals surface area contributed by atoms with Crippen molar-refractivity contribution in [2.24, 2.45) is 0 Å². The first kappa shape index (κ1) is 22.3. The summed E-state index contributed by atoms with van der Waals surface area (Å²) in [7, 11) is -6.53. The zero-order chi connectivity index (χ0) is 19.3. The van der Waals surface area contributed by atoms with Gasteiger partial charge in [0, 0.05) is 11.3 Å². The summed E-state index contributed by atoms with van der Waals surface area (Å²) in [5.41, 5.74) is 0.835. The van der Waals surface area contributed by atoms with E-state index in [1.165, 1.54) is 12.1 Å². The van der Waals surface area contributed by atoms with Gasteiger partial charge in [0.25, 0.3) is 10.1 Å². The summed E-state index contributed by atoms with van der Waals surface area (Å²) in [6, 6.07) is 6.28. The molecule has 1 aromatic carbocycles. The van der Waals surface area contributed by atoms with Crippen molar-refractivity contribution in [2.75, 3.05) is 19.6 Å². The summed E-state index contributed by atoms with van der Waals surface area (Å²) in [6.07, 6.45) is -0.868. The van der Waals surface area contributed by atoms with Crippen LogP contribution in [0.15, 0.2) is 29.2 Å². The first-order valence-corrected chi connectivity index (χ1v) is 11.7. The molecule has 25 heavy (non-hydrogen) atoms. The lowest BCUT2D eigenvalue weighted by molar-refractivity contribution is 0.00731. The second-order valence-corrected chi connectivity index (χ2v) is 12.3. The highest BCUT2D eigenvalue weighted by molar-refractivity contribution is 7.86. The van der Waals surface area contributed by atoms with Crippen LogP contribution in [0.4, 0.5) is 0 Å². The Kier molecular flexibility index (Phi) is 8.29. The number of benzene rings is 1. The Morgan fingerprint density at radius 2 is 1.60 bits per heavy atom. The Bertz CT molecular complexity index is 670. The van der Waals surface area contributed by atoms with Crippen molar-refractivity contribution in [3.8, 4) is 0 Å². The van der Waals surface area contributed by atoms with Crippen molar-refractivity contribution < 1.29 is 27.0 Å². The molecule has 6 nitrogen and oxygen atoms in total. The van der Waals surface area contributed by atoms with E-state index in [2.05, 4.69) is 0 Å². The summed E-state index contributed by atoms with van der Waals surface area (Å²) < 4.78 is 47.8. The van der Waals surface area contributed by atoms with Crippen molar-refractivity contribution in [2.45, 2.75) is 56.9 Å². The van der Waals surface area contributed by atoms with Gasteiger partial charge in [-0.3, -0.25) is 4.18 Å². The van der Waals surface area contributed by atoms with Crippen LogP contribution in [0.2, 0.25) is 0 Å². The van der Waals surface area contributed by atoms with Gasteiger partial charge in [0.2, 0.25) is 0 Å². The topological polar surface area (TPSA) is 89.9 Å². The fourth-order valence-corrected chi connectivity index (χ4v) is 5.38. The van der Waals surface area contributed by atoms with Crippen molar-refractivity contribution in [3.63, 3.8) is 0 Å². The SMILES string of the molecule is Cc1ccc(S(=O)(=O)OC[C@@H](CO)OCP(=O)(C(C)C)C(C)C)cc1. The Hall–Kier alpha value is -0.720. The number of aryl methyl sites for hydroxylation is 1. The normalized spacial score (nSPS) is 14.2. The van der Waals surface area contributed by atoms with Gasteiger partial charge < -0.3 is 14.4 Å². The van der Waals surface area contributed by atoms with Gasteiger partial charge in [0.1, 0.15) is 19.6 Å². The molecule has 144 valence electrons. The van der Waals surface area contributed by atoms with Crippen LogP contribution in [-0.4, -0.2) is 50.5 Å². The minimum Gasteiger partial charge on any atom is -0.394 e. The molecule has 0 saturated carbocycles. The summed E-state index contributed by atoms with van der Waals surface area (Å²) in [5.74, 6) is 0. The second-order valence-electron chi connectivity index (χ2n) is 6.69. The molecule has 0 amide bonds. The molecule has 0 fully saturated rings. The van der Waals surface area contributed by atoms with E-state index in [0.29, 0.717) is 0 Å². The Morgan fingerprint density at radius 3 is 2.04 bits per heavy atom. The van der Waals surface area contributed by atoms with Gasteiger partial charge >= 0.3 is 0 Å². The van der Waals surface area contributed by atoms with Crippen molar-refractivity contribution in [1.29, 1.82) is 0 Å². The largest absolute Gasteiger partial charge is 0.394 e. The van der Waals surface area contributed by atoms with Gasteiger partial charge in [-0.25, -0.2) is 0 Å². The first-order chi connectivity index (χ1) is 11.5. The molecule has 0 bridgehead atoms. The lowest BCUT2D eigenvalue weighted by Gasteiger charge is -2.27. The molecule has 0 spiro atoms. The van der Waals surface area contributed by atoms with E-state index >= 15 is 0 Å². The van der Waals surface area contributed by atoms with Crippen LogP contribution in [0.1, 0.15) is 33.3 Å². The summed E-state index contributed by atoms with van der Waals surface area (Å²) in [6.45, 7) is 8.59. The summed E-state index contributed by atoms with van der Waals surface area (Å²) >= 11 is 0. The van der Waals surface area contributed by atoms with Gasteiger partial charge in [0.15, 0.2) is 0 Å². The Morgan fingerprint density at radius 1 is 1.08 bits per heavy atom. The smallest absolute Gasteiger partial charge is 0.297 e. The molecule has 0 aliphatic rings. The molecule has 0 radical (unpaired) electrons. The van der Waals surface area contributed by atoms with Crippen LogP contribution in [0.5, 0.6) is 0 Å². The zero-order valence-electron chi connectivity index (χ0n) is 15.5. The molecule has 0 saturated heterocycles. The van der Waals surface area contributed by atoms with E-state index in [0.717, 1.165) is 5.56 Å². The molecule has 0 aliphatic carbocycles. The fraction of sp³-hybridized carbons (Fsp3) is 0.647. The van der Waals surface area contributed by atoms with E-state index < -0.39 is 30.0 Å². The van der Waals surface area contributed by atoms with E-state index in [-0.39, 0.29) is 29.2 Å². The minimum atomic E-state index is -3.93. The maximum Gasteiger partial charge on any atom is 0.297 e. The first-order valence-electron chi connectivity index (χ1n) is 8.30. The van der Waals surface area contributed by atoms with Crippen LogP contribution >= 0.6 is 7.14 Å².